The van der Waals surface area contributed by atoms with E-state index >= 15 is 0 Å². The lowest BCUT2D eigenvalue weighted by atomic mass is 9.99. The Morgan fingerprint density at radius 3 is 2.45 bits per heavy atom. The summed E-state index contributed by atoms with van der Waals surface area (Å²) in [5.74, 6) is 1.56. The van der Waals surface area contributed by atoms with Crippen LogP contribution in [-0.2, 0) is 0 Å². The molecule has 1 aromatic heterocycles. The standard InChI is InChI=1S/C35H37N5O2/c1-24(26-11-14-30(42-2)15-12-26)37-34-21-32(35(41)40-19-5-6-29(40)23-39-17-3-4-18-39)31-20-28(13-16-33(31)38-34)27-9-7-25(22-36)8-10-27/h7-16,20-21,24,29H,3-6,17-19,23H2,1-2H3,(H,37,38)/t24-,29+/m1/s1. The first-order valence-corrected chi connectivity index (χ1v) is 14.9. The van der Waals surface area contributed by atoms with Crippen LogP contribution in [0.1, 0.15) is 60.1 Å². The lowest BCUT2D eigenvalue weighted by Crippen LogP contribution is -2.42. The number of rotatable bonds is 8. The van der Waals surface area contributed by atoms with Crippen molar-refractivity contribution in [2.75, 3.05) is 38.6 Å². The number of methoxy groups -OCH3 is 1. The van der Waals surface area contributed by atoms with Crippen molar-refractivity contribution in [1.29, 1.82) is 5.26 Å². The van der Waals surface area contributed by atoms with Gasteiger partial charge in [-0.1, -0.05) is 30.3 Å². The predicted molar refractivity (Wildman–Crippen MR) is 167 cm³/mol. The van der Waals surface area contributed by atoms with Gasteiger partial charge in [0.15, 0.2) is 0 Å². The van der Waals surface area contributed by atoms with Crippen LogP contribution in [0.5, 0.6) is 5.75 Å². The number of benzene rings is 3. The number of hydrogen-bond donors (Lipinski definition) is 1. The zero-order valence-corrected chi connectivity index (χ0v) is 24.3. The Balaban J connectivity index is 1.37. The van der Waals surface area contributed by atoms with Gasteiger partial charge in [-0.3, -0.25) is 4.79 Å². The minimum Gasteiger partial charge on any atom is -0.497 e. The van der Waals surface area contributed by atoms with Gasteiger partial charge >= 0.3 is 0 Å². The van der Waals surface area contributed by atoms with Crippen molar-refractivity contribution in [1.82, 2.24) is 14.8 Å². The van der Waals surface area contributed by atoms with Crippen LogP contribution in [0.15, 0.2) is 72.8 Å². The summed E-state index contributed by atoms with van der Waals surface area (Å²) in [5.41, 5.74) is 5.16. The number of amides is 1. The maximum absolute atomic E-state index is 14.4. The summed E-state index contributed by atoms with van der Waals surface area (Å²) in [5, 5.41) is 13.6. The van der Waals surface area contributed by atoms with E-state index in [4.69, 9.17) is 9.72 Å². The zero-order valence-electron chi connectivity index (χ0n) is 24.3. The Morgan fingerprint density at radius 1 is 1.00 bits per heavy atom. The molecule has 6 rings (SSSR count). The summed E-state index contributed by atoms with van der Waals surface area (Å²) in [6, 6.07) is 26.0. The lowest BCUT2D eigenvalue weighted by molar-refractivity contribution is 0.0710. The first-order valence-electron chi connectivity index (χ1n) is 14.9. The molecule has 2 fully saturated rings. The van der Waals surface area contributed by atoms with Gasteiger partial charge < -0.3 is 19.9 Å². The number of likely N-dealkylation sites (tertiary alicyclic amines) is 2. The average Bonchev–Trinajstić information content (AvgIpc) is 3.73. The quantitative estimate of drug-likeness (QED) is 0.260. The highest BCUT2D eigenvalue weighted by atomic mass is 16.5. The highest BCUT2D eigenvalue weighted by Crippen LogP contribution is 2.32. The normalized spacial score (nSPS) is 17.7. The first kappa shape index (κ1) is 27.7. The third kappa shape index (κ3) is 5.81. The van der Waals surface area contributed by atoms with Crippen LogP contribution >= 0.6 is 0 Å². The van der Waals surface area contributed by atoms with Crippen molar-refractivity contribution in [3.8, 4) is 22.9 Å². The molecule has 1 amide bonds. The van der Waals surface area contributed by atoms with Gasteiger partial charge in [-0.15, -0.1) is 0 Å². The van der Waals surface area contributed by atoms with E-state index in [1.165, 1.54) is 12.8 Å². The molecule has 3 heterocycles. The number of carbonyl (C=O) groups excluding carboxylic acids is 1. The van der Waals surface area contributed by atoms with Gasteiger partial charge in [-0.05, 0) is 105 Å². The fourth-order valence-electron chi connectivity index (χ4n) is 6.30. The summed E-state index contributed by atoms with van der Waals surface area (Å²) in [7, 11) is 1.66. The molecule has 2 aliphatic heterocycles. The second kappa shape index (κ2) is 12.2. The topological polar surface area (TPSA) is 81.5 Å². The molecule has 214 valence electrons. The number of nitriles is 1. The maximum Gasteiger partial charge on any atom is 0.254 e. The van der Waals surface area contributed by atoms with E-state index in [0.717, 1.165) is 72.4 Å². The molecule has 0 bridgehead atoms. The molecule has 7 heteroatoms. The molecule has 2 saturated heterocycles. The van der Waals surface area contributed by atoms with Crippen molar-refractivity contribution >= 4 is 22.6 Å². The van der Waals surface area contributed by atoms with E-state index in [0.29, 0.717) is 16.9 Å². The van der Waals surface area contributed by atoms with Crippen LogP contribution < -0.4 is 10.1 Å². The molecule has 0 saturated carbocycles. The first-order chi connectivity index (χ1) is 20.5. The molecule has 42 heavy (non-hydrogen) atoms. The molecule has 7 nitrogen and oxygen atoms in total. The van der Waals surface area contributed by atoms with Gasteiger partial charge in [-0.2, -0.15) is 5.26 Å². The number of hydrogen-bond acceptors (Lipinski definition) is 6. The molecule has 3 aromatic carbocycles. The van der Waals surface area contributed by atoms with Gasteiger partial charge in [-0.25, -0.2) is 4.98 Å². The Hall–Kier alpha value is -4.41. The molecule has 1 N–H and O–H groups in total. The van der Waals surface area contributed by atoms with Crippen LogP contribution in [0.2, 0.25) is 0 Å². The second-order valence-corrected chi connectivity index (χ2v) is 11.4. The highest BCUT2D eigenvalue weighted by Gasteiger charge is 2.32. The summed E-state index contributed by atoms with van der Waals surface area (Å²) < 4.78 is 5.32. The summed E-state index contributed by atoms with van der Waals surface area (Å²) in [4.78, 5) is 23.9. The van der Waals surface area contributed by atoms with E-state index in [9.17, 15) is 10.1 Å². The molecule has 2 atom stereocenters. The third-order valence-corrected chi connectivity index (χ3v) is 8.67. The zero-order chi connectivity index (χ0) is 29.1. The Morgan fingerprint density at radius 2 is 1.74 bits per heavy atom. The van der Waals surface area contributed by atoms with Crippen LogP contribution in [0.4, 0.5) is 5.82 Å². The third-order valence-electron chi connectivity index (χ3n) is 8.67. The minimum atomic E-state index is -0.0172. The number of ether oxygens (including phenoxy) is 1. The van der Waals surface area contributed by atoms with Gasteiger partial charge in [0, 0.05) is 30.6 Å². The van der Waals surface area contributed by atoms with Crippen molar-refractivity contribution in [3.63, 3.8) is 0 Å². The van der Waals surface area contributed by atoms with E-state index in [1.807, 2.05) is 66.7 Å². The maximum atomic E-state index is 14.4. The van der Waals surface area contributed by atoms with Crippen molar-refractivity contribution in [2.45, 2.75) is 44.7 Å². The predicted octanol–water partition coefficient (Wildman–Crippen LogP) is 6.66. The minimum absolute atomic E-state index is 0.0172. The van der Waals surface area contributed by atoms with Crippen LogP contribution in [-0.4, -0.2) is 60.0 Å². The number of nitrogens with zero attached hydrogens (tertiary/aromatic N) is 4. The Labute approximate surface area is 247 Å². The number of pyridine rings is 1. The van der Waals surface area contributed by atoms with Gasteiger partial charge in [0.1, 0.15) is 11.6 Å². The van der Waals surface area contributed by atoms with Gasteiger partial charge in [0.25, 0.3) is 5.91 Å². The Bertz CT molecular complexity index is 1600. The smallest absolute Gasteiger partial charge is 0.254 e. The highest BCUT2D eigenvalue weighted by molar-refractivity contribution is 6.08. The lowest BCUT2D eigenvalue weighted by Gasteiger charge is -2.29. The number of aromatic nitrogens is 1. The fourth-order valence-corrected chi connectivity index (χ4v) is 6.30. The molecule has 0 aliphatic carbocycles. The molecule has 0 spiro atoms. The SMILES string of the molecule is COc1ccc([C@@H](C)Nc2cc(C(=O)N3CCC[C@H]3CN3CCCC3)c3cc(-c4ccc(C#N)cc4)ccc3n2)cc1. The monoisotopic (exact) mass is 559 g/mol. The summed E-state index contributed by atoms with van der Waals surface area (Å²) in [6.07, 6.45) is 4.56. The second-order valence-electron chi connectivity index (χ2n) is 11.4. The fraction of sp³-hybridized carbons (Fsp3) is 0.343. The number of anilines is 1. The van der Waals surface area contributed by atoms with Crippen LogP contribution in [0.3, 0.4) is 0 Å². The van der Waals surface area contributed by atoms with E-state index in [2.05, 4.69) is 34.2 Å². The largest absolute Gasteiger partial charge is 0.497 e. The number of nitrogens with one attached hydrogen (secondary N) is 1. The molecule has 2 aliphatic rings. The molecular formula is C35H37N5O2. The van der Waals surface area contributed by atoms with Gasteiger partial charge in [0.05, 0.1) is 29.8 Å². The van der Waals surface area contributed by atoms with E-state index in [1.54, 1.807) is 7.11 Å². The van der Waals surface area contributed by atoms with Crippen LogP contribution in [0, 0.1) is 11.3 Å². The average molecular weight is 560 g/mol. The van der Waals surface area contributed by atoms with E-state index in [-0.39, 0.29) is 18.0 Å². The van der Waals surface area contributed by atoms with Crippen molar-refractivity contribution in [3.05, 3.63) is 89.5 Å². The summed E-state index contributed by atoms with van der Waals surface area (Å²) >= 11 is 0. The van der Waals surface area contributed by atoms with Crippen molar-refractivity contribution < 1.29 is 9.53 Å². The van der Waals surface area contributed by atoms with E-state index < -0.39 is 0 Å². The number of fused-ring (bicyclic) bond motifs is 1. The van der Waals surface area contributed by atoms with Crippen LogP contribution in [0.25, 0.3) is 22.0 Å². The molecular weight excluding hydrogens is 522 g/mol. The van der Waals surface area contributed by atoms with Gasteiger partial charge in [0.2, 0.25) is 0 Å². The molecule has 4 aromatic rings. The van der Waals surface area contributed by atoms with Crippen molar-refractivity contribution in [2.24, 2.45) is 0 Å². The molecule has 0 unspecified atom stereocenters. The Kier molecular flexibility index (Phi) is 8.07. The molecule has 0 radical (unpaired) electrons. The number of carbonyl (C=O) groups is 1. The summed E-state index contributed by atoms with van der Waals surface area (Å²) in [6.45, 7) is 6.08.